The van der Waals surface area contributed by atoms with Gasteiger partial charge in [-0.15, -0.1) is 35.1 Å². The molecule has 0 bridgehead atoms. The minimum Gasteiger partial charge on any atom is -0.333 e. The molecule has 116 valence electrons. The lowest BCUT2D eigenvalue weighted by molar-refractivity contribution is 0.0661. The second-order valence-electron chi connectivity index (χ2n) is 5.45. The molecule has 1 amide bonds. The third-order valence-electron chi connectivity index (χ3n) is 4.02. The molecule has 1 aliphatic rings. The van der Waals surface area contributed by atoms with Crippen molar-refractivity contribution >= 4 is 60.5 Å². The number of fused-ring (bicyclic) bond motifs is 3. The number of hydrogen-bond donors (Lipinski definition) is 1. The first-order valence-corrected chi connectivity index (χ1v) is 8.80. The van der Waals surface area contributed by atoms with Gasteiger partial charge in [-0.1, -0.05) is 18.2 Å². The Hall–Kier alpha value is -1.14. The lowest BCUT2D eigenvalue weighted by Gasteiger charge is -2.33. The lowest BCUT2D eigenvalue weighted by Crippen LogP contribution is -2.52. The van der Waals surface area contributed by atoms with Crippen LogP contribution in [0.5, 0.6) is 0 Å². The van der Waals surface area contributed by atoms with Gasteiger partial charge in [0.2, 0.25) is 0 Å². The standard InChI is InChI=1S/C16H16N2OS2.ClH/c1-10-9-17-6-7-18(10)16(19)14-8-13-15(21-14)11-4-2-3-5-12(11)20-13;/h2-5,8,10,17H,6-7,9H2,1H3;1H/t10-;/m0./s1. The fourth-order valence-corrected chi connectivity index (χ4v) is 5.37. The molecule has 1 aromatic carbocycles. The molecular formula is C16H17ClN2OS2. The normalized spacial score (nSPS) is 18.6. The fraction of sp³-hybridized carbons (Fsp3) is 0.312. The Labute approximate surface area is 143 Å². The van der Waals surface area contributed by atoms with Crippen LogP contribution in [-0.2, 0) is 0 Å². The van der Waals surface area contributed by atoms with Crippen LogP contribution in [0.2, 0.25) is 0 Å². The van der Waals surface area contributed by atoms with E-state index in [1.54, 1.807) is 22.7 Å². The predicted octanol–water partition coefficient (Wildman–Crippen LogP) is 3.97. The highest BCUT2D eigenvalue weighted by molar-refractivity contribution is 7.33. The van der Waals surface area contributed by atoms with E-state index in [0.29, 0.717) is 0 Å². The molecule has 0 aliphatic carbocycles. The van der Waals surface area contributed by atoms with Crippen molar-refractivity contribution in [1.82, 2.24) is 10.2 Å². The van der Waals surface area contributed by atoms with Gasteiger partial charge < -0.3 is 10.2 Å². The molecule has 2 aromatic heterocycles. The molecule has 1 atom stereocenters. The third-order valence-corrected chi connectivity index (χ3v) is 6.43. The van der Waals surface area contributed by atoms with E-state index >= 15 is 0 Å². The zero-order chi connectivity index (χ0) is 14.4. The Balaban J connectivity index is 0.00000144. The van der Waals surface area contributed by atoms with Crippen molar-refractivity contribution in [2.45, 2.75) is 13.0 Å². The average molecular weight is 353 g/mol. The van der Waals surface area contributed by atoms with Crippen LogP contribution >= 0.6 is 35.1 Å². The molecule has 6 heteroatoms. The van der Waals surface area contributed by atoms with E-state index in [9.17, 15) is 4.79 Å². The van der Waals surface area contributed by atoms with Crippen LogP contribution in [0.3, 0.4) is 0 Å². The van der Waals surface area contributed by atoms with Gasteiger partial charge in [0.05, 0.1) is 9.58 Å². The number of nitrogens with zero attached hydrogens (tertiary/aromatic N) is 1. The van der Waals surface area contributed by atoms with E-state index < -0.39 is 0 Å². The molecule has 0 saturated carbocycles. The summed E-state index contributed by atoms with van der Waals surface area (Å²) in [4.78, 5) is 15.6. The van der Waals surface area contributed by atoms with Crippen LogP contribution in [0.25, 0.3) is 19.5 Å². The maximum Gasteiger partial charge on any atom is 0.264 e. The van der Waals surface area contributed by atoms with Gasteiger partial charge in [-0.25, -0.2) is 0 Å². The van der Waals surface area contributed by atoms with Crippen molar-refractivity contribution in [2.24, 2.45) is 0 Å². The summed E-state index contributed by atoms with van der Waals surface area (Å²) in [6, 6.07) is 10.8. The van der Waals surface area contributed by atoms with Gasteiger partial charge in [0.1, 0.15) is 0 Å². The van der Waals surface area contributed by atoms with Crippen LogP contribution in [-0.4, -0.2) is 36.5 Å². The van der Waals surface area contributed by atoms with E-state index in [1.807, 2.05) is 4.90 Å². The van der Waals surface area contributed by atoms with E-state index in [0.717, 1.165) is 24.5 Å². The molecule has 1 fully saturated rings. The Morgan fingerprint density at radius 1 is 1.27 bits per heavy atom. The number of rotatable bonds is 1. The summed E-state index contributed by atoms with van der Waals surface area (Å²) in [7, 11) is 0. The van der Waals surface area contributed by atoms with Crippen molar-refractivity contribution in [1.29, 1.82) is 0 Å². The summed E-state index contributed by atoms with van der Waals surface area (Å²) < 4.78 is 3.78. The maximum atomic E-state index is 12.7. The molecule has 1 saturated heterocycles. The highest BCUT2D eigenvalue weighted by Crippen LogP contribution is 2.39. The molecule has 22 heavy (non-hydrogen) atoms. The van der Waals surface area contributed by atoms with Gasteiger partial charge in [0, 0.05) is 40.5 Å². The predicted molar refractivity (Wildman–Crippen MR) is 97.8 cm³/mol. The summed E-state index contributed by atoms with van der Waals surface area (Å²) in [5.41, 5.74) is 0. The lowest BCUT2D eigenvalue weighted by atomic mass is 10.2. The van der Waals surface area contributed by atoms with E-state index in [4.69, 9.17) is 0 Å². The van der Waals surface area contributed by atoms with Gasteiger partial charge in [-0.05, 0) is 19.1 Å². The Morgan fingerprint density at radius 2 is 2.09 bits per heavy atom. The molecule has 0 unspecified atom stereocenters. The average Bonchev–Trinajstić information content (AvgIpc) is 3.04. The Kier molecular flexibility index (Phi) is 4.41. The minimum atomic E-state index is 0. The number of thiophene rings is 2. The first-order chi connectivity index (χ1) is 10.2. The highest BCUT2D eigenvalue weighted by atomic mass is 35.5. The number of carbonyl (C=O) groups is 1. The number of amides is 1. The minimum absolute atomic E-state index is 0. The number of carbonyl (C=O) groups excluding carboxylic acids is 1. The van der Waals surface area contributed by atoms with Gasteiger partial charge in [-0.3, -0.25) is 4.79 Å². The molecule has 0 spiro atoms. The first kappa shape index (κ1) is 15.7. The van der Waals surface area contributed by atoms with Crippen LogP contribution < -0.4 is 5.32 Å². The molecule has 0 radical (unpaired) electrons. The van der Waals surface area contributed by atoms with Crippen LogP contribution in [0.1, 0.15) is 16.6 Å². The molecule has 3 nitrogen and oxygen atoms in total. The smallest absolute Gasteiger partial charge is 0.264 e. The van der Waals surface area contributed by atoms with Crippen LogP contribution in [0.4, 0.5) is 0 Å². The summed E-state index contributed by atoms with van der Waals surface area (Å²) in [6.45, 7) is 4.68. The molecule has 1 aliphatic heterocycles. The molecule has 3 aromatic rings. The molecule has 3 heterocycles. The van der Waals surface area contributed by atoms with E-state index in [1.165, 1.54) is 19.5 Å². The summed E-state index contributed by atoms with van der Waals surface area (Å²) in [5, 5.41) is 4.60. The van der Waals surface area contributed by atoms with Crippen molar-refractivity contribution in [3.63, 3.8) is 0 Å². The number of hydrogen-bond acceptors (Lipinski definition) is 4. The summed E-state index contributed by atoms with van der Waals surface area (Å²) in [5.74, 6) is 0.182. The number of nitrogens with one attached hydrogen (secondary N) is 1. The summed E-state index contributed by atoms with van der Waals surface area (Å²) >= 11 is 3.41. The van der Waals surface area contributed by atoms with Gasteiger partial charge in [-0.2, -0.15) is 0 Å². The largest absolute Gasteiger partial charge is 0.333 e. The van der Waals surface area contributed by atoms with E-state index in [2.05, 4.69) is 42.6 Å². The summed E-state index contributed by atoms with van der Waals surface area (Å²) in [6.07, 6.45) is 0. The fourth-order valence-electron chi connectivity index (χ4n) is 2.89. The van der Waals surface area contributed by atoms with Gasteiger partial charge >= 0.3 is 0 Å². The topological polar surface area (TPSA) is 32.3 Å². The highest BCUT2D eigenvalue weighted by Gasteiger charge is 2.25. The second-order valence-corrected chi connectivity index (χ2v) is 7.59. The monoisotopic (exact) mass is 352 g/mol. The maximum absolute atomic E-state index is 12.7. The van der Waals surface area contributed by atoms with Crippen molar-refractivity contribution < 1.29 is 4.79 Å². The van der Waals surface area contributed by atoms with Crippen molar-refractivity contribution in [3.05, 3.63) is 35.2 Å². The molecule has 1 N–H and O–H groups in total. The van der Waals surface area contributed by atoms with Crippen LogP contribution in [0.15, 0.2) is 30.3 Å². The van der Waals surface area contributed by atoms with Gasteiger partial charge in [0.25, 0.3) is 5.91 Å². The SMILES string of the molecule is C[C@H]1CNCCN1C(=O)c1cc2sc3ccccc3c2s1.Cl. The Morgan fingerprint density at radius 3 is 2.91 bits per heavy atom. The van der Waals surface area contributed by atoms with Crippen molar-refractivity contribution in [2.75, 3.05) is 19.6 Å². The third kappa shape index (κ3) is 2.52. The molecular weight excluding hydrogens is 336 g/mol. The second kappa shape index (κ2) is 6.16. The zero-order valence-corrected chi connectivity index (χ0v) is 14.6. The number of piperazine rings is 1. The number of benzene rings is 1. The Bertz CT molecular complexity index is 826. The van der Waals surface area contributed by atoms with Crippen LogP contribution in [0, 0.1) is 0 Å². The quantitative estimate of drug-likeness (QED) is 0.718. The van der Waals surface area contributed by atoms with E-state index in [-0.39, 0.29) is 24.4 Å². The van der Waals surface area contributed by atoms with Gasteiger partial charge in [0.15, 0.2) is 0 Å². The molecule has 4 rings (SSSR count). The zero-order valence-electron chi connectivity index (χ0n) is 12.2. The van der Waals surface area contributed by atoms with Crippen molar-refractivity contribution in [3.8, 4) is 0 Å². The first-order valence-electron chi connectivity index (χ1n) is 7.17. The number of halogens is 1.